The summed E-state index contributed by atoms with van der Waals surface area (Å²) in [5, 5.41) is 6.89. The van der Waals surface area contributed by atoms with Crippen LogP contribution in [0.3, 0.4) is 0 Å². The van der Waals surface area contributed by atoms with Crippen molar-refractivity contribution in [2.75, 3.05) is 25.6 Å². The molecule has 0 saturated heterocycles. The molecule has 2 rings (SSSR count). The molecular weight excluding hydrogens is 372 g/mol. The minimum absolute atomic E-state index is 0.0534. The average Bonchev–Trinajstić information content (AvgIpc) is 3.21. The van der Waals surface area contributed by atoms with Crippen LogP contribution in [0.15, 0.2) is 41.8 Å². The Balaban J connectivity index is 1.69. The topological polar surface area (TPSA) is 111 Å². The Hall–Kier alpha value is -3.20. The number of ether oxygens (including phenoxy) is 2. The maximum Gasteiger partial charge on any atom is 0.337 e. The highest BCUT2D eigenvalue weighted by molar-refractivity contribution is 7.12. The van der Waals surface area contributed by atoms with Gasteiger partial charge in [0.05, 0.1) is 24.0 Å². The molecule has 0 bridgehead atoms. The van der Waals surface area contributed by atoms with Crippen LogP contribution in [0.2, 0.25) is 0 Å². The second-order valence-electron chi connectivity index (χ2n) is 5.26. The first-order chi connectivity index (χ1) is 13.0. The van der Waals surface area contributed by atoms with Gasteiger partial charge in [0.25, 0.3) is 11.8 Å². The Morgan fingerprint density at radius 2 is 1.93 bits per heavy atom. The number of benzene rings is 1. The minimum Gasteiger partial charge on any atom is -0.465 e. The highest BCUT2D eigenvalue weighted by Gasteiger charge is 2.11. The lowest BCUT2D eigenvalue weighted by atomic mass is 10.2. The summed E-state index contributed by atoms with van der Waals surface area (Å²) in [6.45, 7) is -0.363. The van der Waals surface area contributed by atoms with E-state index in [1.807, 2.05) is 0 Å². The summed E-state index contributed by atoms with van der Waals surface area (Å²) in [6.07, 6.45) is -0.0534. The summed E-state index contributed by atoms with van der Waals surface area (Å²) < 4.78 is 9.46. The smallest absolute Gasteiger partial charge is 0.337 e. The Labute approximate surface area is 159 Å². The molecule has 1 aromatic heterocycles. The van der Waals surface area contributed by atoms with E-state index >= 15 is 0 Å². The zero-order valence-electron chi connectivity index (χ0n) is 14.5. The molecule has 1 aromatic carbocycles. The van der Waals surface area contributed by atoms with Gasteiger partial charge in [0.1, 0.15) is 0 Å². The third kappa shape index (κ3) is 6.55. The van der Waals surface area contributed by atoms with Crippen molar-refractivity contribution in [3.63, 3.8) is 0 Å². The van der Waals surface area contributed by atoms with Gasteiger partial charge in [-0.2, -0.15) is 0 Å². The first-order valence-corrected chi connectivity index (χ1v) is 8.83. The fourth-order valence-corrected chi connectivity index (χ4v) is 2.67. The molecule has 2 amide bonds. The molecule has 27 heavy (non-hydrogen) atoms. The highest BCUT2D eigenvalue weighted by atomic mass is 32.1. The first-order valence-electron chi connectivity index (χ1n) is 7.95. The minimum atomic E-state index is -0.611. The highest BCUT2D eigenvalue weighted by Crippen LogP contribution is 2.11. The first kappa shape index (κ1) is 20.1. The summed E-state index contributed by atoms with van der Waals surface area (Å²) in [6, 6.07) is 9.61. The molecule has 9 heteroatoms. The molecule has 0 saturated carbocycles. The van der Waals surface area contributed by atoms with Gasteiger partial charge in [-0.25, -0.2) is 4.79 Å². The number of carbonyl (C=O) groups excluding carboxylic acids is 4. The van der Waals surface area contributed by atoms with E-state index in [0.717, 1.165) is 0 Å². The van der Waals surface area contributed by atoms with Gasteiger partial charge in [-0.15, -0.1) is 11.3 Å². The third-order valence-corrected chi connectivity index (χ3v) is 4.16. The number of esters is 2. The van der Waals surface area contributed by atoms with Crippen LogP contribution in [0.25, 0.3) is 0 Å². The molecule has 1 heterocycles. The predicted molar refractivity (Wildman–Crippen MR) is 98.6 cm³/mol. The number of thiophene rings is 1. The molecule has 2 N–H and O–H groups in total. The molecule has 8 nitrogen and oxygen atoms in total. The van der Waals surface area contributed by atoms with Crippen molar-refractivity contribution in [3.8, 4) is 0 Å². The molecular formula is C18H18N2O6S. The van der Waals surface area contributed by atoms with E-state index in [9.17, 15) is 19.2 Å². The fraction of sp³-hybridized carbons (Fsp3) is 0.222. The lowest BCUT2D eigenvalue weighted by Crippen LogP contribution is -2.27. The number of anilines is 1. The van der Waals surface area contributed by atoms with Gasteiger partial charge in [0.15, 0.2) is 6.61 Å². The average molecular weight is 390 g/mol. The second-order valence-corrected chi connectivity index (χ2v) is 6.21. The van der Waals surface area contributed by atoms with Crippen molar-refractivity contribution in [1.82, 2.24) is 5.32 Å². The summed E-state index contributed by atoms with van der Waals surface area (Å²) in [7, 11) is 1.26. The van der Waals surface area contributed by atoms with E-state index in [1.54, 1.807) is 35.7 Å². The quantitative estimate of drug-likeness (QED) is 0.666. The van der Waals surface area contributed by atoms with E-state index in [2.05, 4.69) is 15.4 Å². The number of carbonyl (C=O) groups is 4. The van der Waals surface area contributed by atoms with E-state index in [0.29, 0.717) is 10.6 Å². The molecule has 0 unspecified atom stereocenters. The number of nitrogens with one attached hydrogen (secondary N) is 2. The Bertz CT molecular complexity index is 819. The zero-order chi connectivity index (χ0) is 19.6. The van der Waals surface area contributed by atoms with Gasteiger partial charge in [-0.1, -0.05) is 12.1 Å². The predicted octanol–water partition coefficient (Wildman–Crippen LogP) is 1.84. The standard InChI is InChI=1S/C18H18N2O6S/c1-25-18(24)12-4-2-5-13(10-12)20-15(21)11-26-16(22)7-8-19-17(23)14-6-3-9-27-14/h2-6,9-10H,7-8,11H2,1H3,(H,19,23)(H,20,21). The van der Waals surface area contributed by atoms with Gasteiger partial charge >= 0.3 is 11.9 Å². The maximum absolute atomic E-state index is 11.8. The van der Waals surface area contributed by atoms with E-state index in [-0.39, 0.29) is 24.4 Å². The van der Waals surface area contributed by atoms with Crippen LogP contribution in [0.1, 0.15) is 26.5 Å². The van der Waals surface area contributed by atoms with Crippen molar-refractivity contribution >= 4 is 40.8 Å². The second kappa shape index (κ2) is 10.1. The SMILES string of the molecule is COC(=O)c1cccc(NC(=O)COC(=O)CCNC(=O)c2cccs2)c1. The molecule has 0 spiro atoms. The lowest BCUT2D eigenvalue weighted by Gasteiger charge is -2.08. The Morgan fingerprint density at radius 1 is 1.11 bits per heavy atom. The van der Waals surface area contributed by atoms with Crippen LogP contribution >= 0.6 is 11.3 Å². The summed E-state index contributed by atoms with van der Waals surface area (Å²) in [5.74, 6) is -1.95. The third-order valence-electron chi connectivity index (χ3n) is 3.29. The van der Waals surface area contributed by atoms with Gasteiger partial charge in [0, 0.05) is 12.2 Å². The summed E-state index contributed by atoms with van der Waals surface area (Å²) in [5.41, 5.74) is 0.663. The Morgan fingerprint density at radius 3 is 2.63 bits per heavy atom. The van der Waals surface area contributed by atoms with Gasteiger partial charge in [-0.3, -0.25) is 14.4 Å². The van der Waals surface area contributed by atoms with Crippen molar-refractivity contribution < 1.29 is 28.7 Å². The number of hydrogen-bond donors (Lipinski definition) is 2. The number of amides is 2. The van der Waals surface area contributed by atoms with Crippen LogP contribution in [0.4, 0.5) is 5.69 Å². The van der Waals surface area contributed by atoms with Crippen LogP contribution in [0.5, 0.6) is 0 Å². The monoisotopic (exact) mass is 390 g/mol. The molecule has 0 aliphatic rings. The van der Waals surface area contributed by atoms with Crippen LogP contribution in [-0.4, -0.2) is 44.0 Å². The normalized spacial score (nSPS) is 9.96. The molecule has 0 aliphatic carbocycles. The molecule has 2 aromatic rings. The van der Waals surface area contributed by atoms with Crippen molar-refractivity contribution in [3.05, 3.63) is 52.2 Å². The summed E-state index contributed by atoms with van der Waals surface area (Å²) in [4.78, 5) is 47.2. The van der Waals surface area contributed by atoms with Crippen LogP contribution in [0, 0.1) is 0 Å². The van der Waals surface area contributed by atoms with Crippen LogP contribution < -0.4 is 10.6 Å². The molecule has 0 fully saturated rings. The van der Waals surface area contributed by atoms with Crippen molar-refractivity contribution in [2.45, 2.75) is 6.42 Å². The van der Waals surface area contributed by atoms with E-state index in [1.165, 1.54) is 24.5 Å². The van der Waals surface area contributed by atoms with Crippen LogP contribution in [-0.2, 0) is 19.1 Å². The van der Waals surface area contributed by atoms with Crippen molar-refractivity contribution in [2.24, 2.45) is 0 Å². The number of hydrogen-bond acceptors (Lipinski definition) is 7. The number of methoxy groups -OCH3 is 1. The maximum atomic E-state index is 11.8. The Kier molecular flexibility index (Phi) is 7.50. The lowest BCUT2D eigenvalue weighted by molar-refractivity contribution is -0.147. The van der Waals surface area contributed by atoms with E-state index < -0.39 is 24.5 Å². The molecule has 0 atom stereocenters. The molecule has 0 radical (unpaired) electrons. The number of rotatable bonds is 8. The van der Waals surface area contributed by atoms with Crippen molar-refractivity contribution in [1.29, 1.82) is 0 Å². The zero-order valence-corrected chi connectivity index (χ0v) is 15.3. The molecule has 142 valence electrons. The largest absolute Gasteiger partial charge is 0.465 e. The molecule has 0 aliphatic heterocycles. The summed E-state index contributed by atoms with van der Waals surface area (Å²) >= 11 is 1.30. The van der Waals surface area contributed by atoms with Gasteiger partial charge < -0.3 is 20.1 Å². The fourth-order valence-electron chi connectivity index (χ4n) is 2.03. The van der Waals surface area contributed by atoms with Gasteiger partial charge in [-0.05, 0) is 29.6 Å². The van der Waals surface area contributed by atoms with Gasteiger partial charge in [0.2, 0.25) is 0 Å². The van der Waals surface area contributed by atoms with E-state index in [4.69, 9.17) is 4.74 Å².